The smallest absolute Gasteiger partial charge is 0.335 e. The molecule has 2 aromatic carbocycles. The number of hydrogen-bond donors (Lipinski definition) is 2. The lowest BCUT2D eigenvalue weighted by Crippen LogP contribution is -2.49. The molecule has 3 amide bonds. The summed E-state index contributed by atoms with van der Waals surface area (Å²) in [6, 6.07) is 11.8. The lowest BCUT2D eigenvalue weighted by atomic mass is 10.1. The molecular formula is C21H20N2O5S. The number of thioether (sulfide) groups is 1. The number of fused-ring (bicyclic) bond motifs is 1. The Kier molecular flexibility index (Phi) is 6.33. The van der Waals surface area contributed by atoms with Crippen molar-refractivity contribution in [3.05, 3.63) is 70.8 Å². The number of carboxylic acid groups (broad SMARTS) is 1. The minimum absolute atomic E-state index is 0.0961. The van der Waals surface area contributed by atoms with Gasteiger partial charge < -0.3 is 10.4 Å². The molecule has 2 aromatic rings. The maximum absolute atomic E-state index is 12.9. The van der Waals surface area contributed by atoms with E-state index in [4.69, 9.17) is 5.11 Å². The molecule has 7 nitrogen and oxygen atoms in total. The predicted octanol–water partition coefficient (Wildman–Crippen LogP) is 2.42. The molecule has 0 spiro atoms. The molecule has 1 aliphatic rings. The number of carbonyl (C=O) groups excluding carboxylic acids is 3. The number of nitrogens with zero attached hydrogens (tertiary/aromatic N) is 1. The van der Waals surface area contributed by atoms with Crippen molar-refractivity contribution < 1.29 is 24.3 Å². The number of benzene rings is 2. The summed E-state index contributed by atoms with van der Waals surface area (Å²) in [4.78, 5) is 50.5. The molecule has 0 aromatic heterocycles. The molecular weight excluding hydrogens is 392 g/mol. The van der Waals surface area contributed by atoms with Gasteiger partial charge in [0.2, 0.25) is 5.91 Å². The van der Waals surface area contributed by atoms with Gasteiger partial charge in [-0.15, -0.1) is 0 Å². The van der Waals surface area contributed by atoms with Gasteiger partial charge in [0.1, 0.15) is 6.04 Å². The van der Waals surface area contributed by atoms with Crippen molar-refractivity contribution >= 4 is 35.5 Å². The molecule has 2 N–H and O–H groups in total. The number of nitrogens with one attached hydrogen (secondary N) is 1. The van der Waals surface area contributed by atoms with Crippen LogP contribution in [-0.4, -0.2) is 51.7 Å². The van der Waals surface area contributed by atoms with E-state index in [0.29, 0.717) is 28.9 Å². The van der Waals surface area contributed by atoms with Gasteiger partial charge in [-0.25, -0.2) is 4.79 Å². The van der Waals surface area contributed by atoms with E-state index in [1.165, 1.54) is 23.9 Å². The highest BCUT2D eigenvalue weighted by Gasteiger charge is 2.42. The topological polar surface area (TPSA) is 104 Å². The van der Waals surface area contributed by atoms with Crippen molar-refractivity contribution in [3.8, 4) is 0 Å². The minimum Gasteiger partial charge on any atom is -0.478 e. The second kappa shape index (κ2) is 8.91. The fourth-order valence-electron chi connectivity index (χ4n) is 3.22. The van der Waals surface area contributed by atoms with Crippen molar-refractivity contribution in [2.45, 2.75) is 19.0 Å². The predicted molar refractivity (Wildman–Crippen MR) is 109 cm³/mol. The lowest BCUT2D eigenvalue weighted by molar-refractivity contribution is -0.125. The number of amides is 3. The molecule has 1 heterocycles. The van der Waals surface area contributed by atoms with Crippen LogP contribution in [0.25, 0.3) is 0 Å². The van der Waals surface area contributed by atoms with Gasteiger partial charge in [-0.3, -0.25) is 19.3 Å². The monoisotopic (exact) mass is 412 g/mol. The first-order valence-corrected chi connectivity index (χ1v) is 10.4. The molecule has 1 aliphatic heterocycles. The van der Waals surface area contributed by atoms with Crippen LogP contribution in [0.2, 0.25) is 0 Å². The van der Waals surface area contributed by atoms with Crippen LogP contribution in [0.15, 0.2) is 48.5 Å². The molecule has 0 aliphatic carbocycles. The van der Waals surface area contributed by atoms with Crippen LogP contribution in [0, 0.1) is 0 Å². The van der Waals surface area contributed by atoms with E-state index < -0.39 is 29.7 Å². The largest absolute Gasteiger partial charge is 0.478 e. The average molecular weight is 412 g/mol. The van der Waals surface area contributed by atoms with Crippen molar-refractivity contribution in [3.63, 3.8) is 0 Å². The average Bonchev–Trinajstić information content (AvgIpc) is 2.98. The van der Waals surface area contributed by atoms with Crippen molar-refractivity contribution in [1.29, 1.82) is 0 Å². The first-order valence-electron chi connectivity index (χ1n) is 9.00. The van der Waals surface area contributed by atoms with Crippen LogP contribution < -0.4 is 5.32 Å². The van der Waals surface area contributed by atoms with Crippen LogP contribution in [0.5, 0.6) is 0 Å². The fraction of sp³-hybridized carbons (Fsp3) is 0.238. The molecule has 150 valence electrons. The van der Waals surface area contributed by atoms with Crippen LogP contribution in [0.3, 0.4) is 0 Å². The van der Waals surface area contributed by atoms with E-state index in [-0.39, 0.29) is 12.1 Å². The SMILES string of the molecule is CSCCC(C(=O)NCc1cccc(C(=O)O)c1)N1C(=O)c2ccccc2C1=O. The third-order valence-electron chi connectivity index (χ3n) is 4.68. The summed E-state index contributed by atoms with van der Waals surface area (Å²) in [5.41, 5.74) is 1.34. The molecule has 0 saturated heterocycles. The standard InChI is InChI=1S/C21H20N2O5S/c1-29-10-9-17(23-19(25)15-7-2-3-8-16(15)20(23)26)18(24)22-12-13-5-4-6-14(11-13)21(27)28/h2-8,11,17H,9-10,12H2,1H3,(H,22,24)(H,27,28). The summed E-state index contributed by atoms with van der Waals surface area (Å²) >= 11 is 1.52. The summed E-state index contributed by atoms with van der Waals surface area (Å²) in [5, 5.41) is 11.8. The van der Waals surface area contributed by atoms with E-state index in [2.05, 4.69) is 5.32 Å². The van der Waals surface area contributed by atoms with Gasteiger partial charge in [0.25, 0.3) is 11.8 Å². The zero-order chi connectivity index (χ0) is 21.0. The first-order chi connectivity index (χ1) is 13.9. The summed E-state index contributed by atoms with van der Waals surface area (Å²) in [6.07, 6.45) is 2.21. The quantitative estimate of drug-likeness (QED) is 0.646. The highest BCUT2D eigenvalue weighted by atomic mass is 32.2. The van der Waals surface area contributed by atoms with Gasteiger partial charge in [0.05, 0.1) is 16.7 Å². The molecule has 3 rings (SSSR count). The van der Waals surface area contributed by atoms with Gasteiger partial charge in [-0.1, -0.05) is 24.3 Å². The fourth-order valence-corrected chi connectivity index (χ4v) is 3.68. The molecule has 0 bridgehead atoms. The molecule has 1 atom stereocenters. The second-order valence-corrected chi connectivity index (χ2v) is 7.53. The van der Waals surface area contributed by atoms with Gasteiger partial charge in [-0.05, 0) is 48.3 Å². The number of carbonyl (C=O) groups is 4. The summed E-state index contributed by atoms with van der Waals surface area (Å²) in [7, 11) is 0. The number of aromatic carboxylic acids is 1. The maximum Gasteiger partial charge on any atom is 0.335 e. The van der Waals surface area contributed by atoms with Crippen molar-refractivity contribution in [2.75, 3.05) is 12.0 Å². The van der Waals surface area contributed by atoms with Gasteiger partial charge >= 0.3 is 5.97 Å². The third-order valence-corrected chi connectivity index (χ3v) is 5.32. The molecule has 29 heavy (non-hydrogen) atoms. The Bertz CT molecular complexity index is 940. The molecule has 0 radical (unpaired) electrons. The molecule has 0 fully saturated rings. The lowest BCUT2D eigenvalue weighted by Gasteiger charge is -2.25. The van der Waals surface area contributed by atoms with Crippen LogP contribution in [-0.2, 0) is 11.3 Å². The van der Waals surface area contributed by atoms with Crippen molar-refractivity contribution in [2.24, 2.45) is 0 Å². The highest BCUT2D eigenvalue weighted by Crippen LogP contribution is 2.26. The van der Waals surface area contributed by atoms with E-state index >= 15 is 0 Å². The van der Waals surface area contributed by atoms with E-state index in [0.717, 1.165) is 4.90 Å². The third kappa shape index (κ3) is 4.32. The molecule has 8 heteroatoms. The maximum atomic E-state index is 12.9. The number of carboxylic acids is 1. The van der Waals surface area contributed by atoms with Gasteiger partial charge in [0, 0.05) is 6.54 Å². The summed E-state index contributed by atoms with van der Waals surface area (Å²) in [5.74, 6) is -1.85. The van der Waals surface area contributed by atoms with Crippen molar-refractivity contribution in [1.82, 2.24) is 10.2 Å². The van der Waals surface area contributed by atoms with Crippen LogP contribution >= 0.6 is 11.8 Å². The number of hydrogen-bond acceptors (Lipinski definition) is 5. The van der Waals surface area contributed by atoms with E-state index in [1.807, 2.05) is 6.26 Å². The van der Waals surface area contributed by atoms with Crippen LogP contribution in [0.4, 0.5) is 0 Å². The Morgan fingerprint density at radius 3 is 2.31 bits per heavy atom. The second-order valence-electron chi connectivity index (χ2n) is 6.55. The highest BCUT2D eigenvalue weighted by molar-refractivity contribution is 7.98. The summed E-state index contributed by atoms with van der Waals surface area (Å²) < 4.78 is 0. The Labute approximate surface area is 172 Å². The van der Waals surface area contributed by atoms with Crippen LogP contribution in [0.1, 0.15) is 43.1 Å². The normalized spacial score (nSPS) is 13.9. The Balaban J connectivity index is 1.78. The minimum atomic E-state index is -1.05. The van der Waals surface area contributed by atoms with Gasteiger partial charge in [0.15, 0.2) is 0 Å². The summed E-state index contributed by atoms with van der Waals surface area (Å²) in [6.45, 7) is 0.0961. The zero-order valence-electron chi connectivity index (χ0n) is 15.8. The zero-order valence-corrected chi connectivity index (χ0v) is 16.6. The number of imide groups is 1. The van der Waals surface area contributed by atoms with E-state index in [9.17, 15) is 19.2 Å². The Hall–Kier alpha value is -3.13. The first kappa shape index (κ1) is 20.6. The molecule has 1 unspecified atom stereocenters. The van der Waals surface area contributed by atoms with E-state index in [1.54, 1.807) is 36.4 Å². The Morgan fingerprint density at radius 1 is 1.07 bits per heavy atom. The molecule has 0 saturated carbocycles. The Morgan fingerprint density at radius 2 is 1.72 bits per heavy atom. The van der Waals surface area contributed by atoms with Gasteiger partial charge in [-0.2, -0.15) is 11.8 Å². The number of rotatable bonds is 8.